The third kappa shape index (κ3) is 5.95. The van der Waals surface area contributed by atoms with Crippen LogP contribution in [0.4, 0.5) is 10.5 Å². The number of carbonyl (C=O) groups is 1. The number of aliphatic imine (C=N–C) groups is 1. The first kappa shape index (κ1) is 21.6. The number of ether oxygens (including phenoxy) is 1. The molecule has 0 aliphatic rings. The lowest BCUT2D eigenvalue weighted by molar-refractivity contribution is 0.184. The highest BCUT2D eigenvalue weighted by molar-refractivity contribution is 7.19. The van der Waals surface area contributed by atoms with Gasteiger partial charge in [0.2, 0.25) is 0 Å². The van der Waals surface area contributed by atoms with Crippen LogP contribution in [-0.2, 0) is 11.3 Å². The Bertz CT molecular complexity index is 968. The Hall–Kier alpha value is -3.10. The van der Waals surface area contributed by atoms with Crippen molar-refractivity contribution < 1.29 is 14.6 Å². The Morgan fingerprint density at radius 3 is 2.63 bits per heavy atom. The molecule has 0 radical (unpaired) electrons. The van der Waals surface area contributed by atoms with Gasteiger partial charge in [-0.1, -0.05) is 30.3 Å². The number of hydrogen-bond donors (Lipinski definition) is 4. The van der Waals surface area contributed by atoms with Gasteiger partial charge in [0.05, 0.1) is 13.7 Å². The summed E-state index contributed by atoms with van der Waals surface area (Å²) in [4.78, 5) is 16.7. The van der Waals surface area contributed by atoms with Gasteiger partial charge < -0.3 is 20.5 Å². The number of nitrogens with zero attached hydrogens (tertiary/aromatic N) is 1. The summed E-state index contributed by atoms with van der Waals surface area (Å²) >= 11 is 1.60. The van der Waals surface area contributed by atoms with Gasteiger partial charge in [0, 0.05) is 28.4 Å². The molecule has 0 fully saturated rings. The number of benzene rings is 2. The molecule has 158 valence electrons. The van der Waals surface area contributed by atoms with Crippen LogP contribution in [0.3, 0.4) is 0 Å². The molecule has 0 aliphatic carbocycles. The third-order valence-electron chi connectivity index (χ3n) is 4.39. The summed E-state index contributed by atoms with van der Waals surface area (Å²) in [5.41, 5.74) is 1.65. The topological polar surface area (TPSA) is 95.0 Å². The van der Waals surface area contributed by atoms with E-state index in [9.17, 15) is 9.90 Å². The average molecular weight is 427 g/mol. The van der Waals surface area contributed by atoms with Crippen LogP contribution >= 0.6 is 11.3 Å². The van der Waals surface area contributed by atoms with Crippen molar-refractivity contribution >= 4 is 39.2 Å². The summed E-state index contributed by atoms with van der Waals surface area (Å²) < 4.78 is 5.74. The van der Waals surface area contributed by atoms with Crippen LogP contribution in [0.5, 0.6) is 0 Å². The number of nitrogens with one attached hydrogen (secondary N) is 3. The Balaban J connectivity index is 1.58. The standard InChI is InChI=1S/C22H26N4O3S/c1-3-23-21(24-13-15-8-10-17(11-9-15)26-22(28)29-2)25-14-18(27)20-12-16-6-4-5-7-19(16)30-20/h4-12,18,27H,3,13-14H2,1-2H3,(H,26,28)(H2,23,24,25). The smallest absolute Gasteiger partial charge is 0.411 e. The van der Waals surface area contributed by atoms with Gasteiger partial charge in [-0.3, -0.25) is 5.32 Å². The molecule has 0 bridgehead atoms. The lowest BCUT2D eigenvalue weighted by atomic mass is 10.2. The summed E-state index contributed by atoms with van der Waals surface area (Å²) in [5.74, 6) is 0.634. The molecular formula is C22H26N4O3S. The number of thiophene rings is 1. The fraction of sp³-hybridized carbons (Fsp3) is 0.273. The molecule has 1 heterocycles. The molecule has 2 aromatic carbocycles. The monoisotopic (exact) mass is 426 g/mol. The van der Waals surface area contributed by atoms with Crippen molar-refractivity contribution in [2.24, 2.45) is 4.99 Å². The number of carbonyl (C=O) groups excluding carboxylic acids is 1. The maximum absolute atomic E-state index is 11.2. The summed E-state index contributed by atoms with van der Waals surface area (Å²) in [5, 5.41) is 20.7. The van der Waals surface area contributed by atoms with E-state index in [-0.39, 0.29) is 0 Å². The van der Waals surface area contributed by atoms with Crippen molar-refractivity contribution in [3.05, 3.63) is 65.0 Å². The third-order valence-corrected chi connectivity index (χ3v) is 5.60. The van der Waals surface area contributed by atoms with Crippen molar-refractivity contribution in [1.82, 2.24) is 10.6 Å². The number of rotatable bonds is 7. The normalized spacial score (nSPS) is 12.4. The Morgan fingerprint density at radius 1 is 1.17 bits per heavy atom. The van der Waals surface area contributed by atoms with Crippen LogP contribution in [0.25, 0.3) is 10.1 Å². The number of amides is 1. The van der Waals surface area contributed by atoms with E-state index in [0.717, 1.165) is 20.5 Å². The largest absolute Gasteiger partial charge is 0.453 e. The molecule has 1 amide bonds. The van der Waals surface area contributed by atoms with Crippen LogP contribution < -0.4 is 16.0 Å². The molecule has 0 spiro atoms. The van der Waals surface area contributed by atoms with Crippen molar-refractivity contribution in [2.45, 2.75) is 19.6 Å². The van der Waals surface area contributed by atoms with Gasteiger partial charge in [0.25, 0.3) is 0 Å². The highest BCUT2D eigenvalue weighted by Gasteiger charge is 2.12. The zero-order valence-corrected chi connectivity index (χ0v) is 17.8. The van der Waals surface area contributed by atoms with E-state index in [0.29, 0.717) is 31.3 Å². The van der Waals surface area contributed by atoms with Crippen LogP contribution in [0, 0.1) is 0 Å². The molecule has 1 atom stereocenters. The van der Waals surface area contributed by atoms with Crippen molar-refractivity contribution in [3.8, 4) is 0 Å². The Kier molecular flexibility index (Phi) is 7.64. The molecule has 3 rings (SSSR count). The Labute approximate surface area is 179 Å². The maximum atomic E-state index is 11.2. The van der Waals surface area contributed by atoms with E-state index < -0.39 is 12.2 Å². The fourth-order valence-electron chi connectivity index (χ4n) is 2.84. The van der Waals surface area contributed by atoms with E-state index >= 15 is 0 Å². The molecule has 8 heteroatoms. The van der Waals surface area contributed by atoms with E-state index in [2.05, 4.69) is 31.7 Å². The molecule has 7 nitrogen and oxygen atoms in total. The molecule has 1 unspecified atom stereocenters. The van der Waals surface area contributed by atoms with Gasteiger partial charge in [0.15, 0.2) is 5.96 Å². The predicted molar refractivity (Wildman–Crippen MR) is 122 cm³/mol. The second-order valence-corrected chi connectivity index (χ2v) is 7.71. The zero-order valence-electron chi connectivity index (χ0n) is 17.0. The molecule has 4 N–H and O–H groups in total. The maximum Gasteiger partial charge on any atom is 0.411 e. The van der Waals surface area contributed by atoms with Crippen molar-refractivity contribution in [3.63, 3.8) is 0 Å². The molecule has 0 saturated heterocycles. The van der Waals surface area contributed by atoms with Gasteiger partial charge in [-0.2, -0.15) is 0 Å². The van der Waals surface area contributed by atoms with Gasteiger partial charge >= 0.3 is 6.09 Å². The Morgan fingerprint density at radius 2 is 1.93 bits per heavy atom. The summed E-state index contributed by atoms with van der Waals surface area (Å²) in [6.45, 7) is 3.53. The number of methoxy groups -OCH3 is 1. The quantitative estimate of drug-likeness (QED) is 0.340. The molecule has 30 heavy (non-hydrogen) atoms. The van der Waals surface area contributed by atoms with Crippen LogP contribution in [0.2, 0.25) is 0 Å². The van der Waals surface area contributed by atoms with Gasteiger partial charge in [0.1, 0.15) is 6.10 Å². The lowest BCUT2D eigenvalue weighted by Gasteiger charge is -2.14. The molecule has 0 aliphatic heterocycles. The first-order valence-electron chi connectivity index (χ1n) is 9.71. The number of fused-ring (bicyclic) bond motifs is 1. The number of aliphatic hydroxyl groups excluding tert-OH is 1. The number of hydrogen-bond acceptors (Lipinski definition) is 5. The van der Waals surface area contributed by atoms with Crippen molar-refractivity contribution in [1.29, 1.82) is 0 Å². The number of aliphatic hydroxyl groups is 1. The average Bonchev–Trinajstić information content (AvgIpc) is 3.21. The fourth-order valence-corrected chi connectivity index (χ4v) is 3.89. The van der Waals surface area contributed by atoms with Gasteiger partial charge in [-0.05, 0) is 42.1 Å². The van der Waals surface area contributed by atoms with Crippen molar-refractivity contribution in [2.75, 3.05) is 25.5 Å². The minimum atomic E-state index is -0.616. The van der Waals surface area contributed by atoms with Crippen LogP contribution in [0.1, 0.15) is 23.5 Å². The first-order valence-corrected chi connectivity index (χ1v) is 10.5. The van der Waals surface area contributed by atoms with Gasteiger partial charge in [-0.25, -0.2) is 9.79 Å². The molecule has 3 aromatic rings. The molecule has 1 aromatic heterocycles. The predicted octanol–water partition coefficient (Wildman–Crippen LogP) is 3.87. The minimum absolute atomic E-state index is 0.362. The SMILES string of the molecule is CCNC(=NCc1ccc(NC(=O)OC)cc1)NCC(O)c1cc2ccccc2s1. The van der Waals surface area contributed by atoms with Gasteiger partial charge in [-0.15, -0.1) is 11.3 Å². The van der Waals surface area contributed by atoms with E-state index in [4.69, 9.17) is 0 Å². The lowest BCUT2D eigenvalue weighted by Crippen LogP contribution is -2.39. The summed E-state index contributed by atoms with van der Waals surface area (Å²) in [6.07, 6.45) is -1.12. The highest BCUT2D eigenvalue weighted by atomic mass is 32.1. The number of anilines is 1. The minimum Gasteiger partial charge on any atom is -0.453 e. The van der Waals surface area contributed by atoms with E-state index in [1.165, 1.54) is 7.11 Å². The first-order chi connectivity index (χ1) is 14.6. The second-order valence-electron chi connectivity index (χ2n) is 6.59. The van der Waals surface area contributed by atoms with E-state index in [1.54, 1.807) is 23.5 Å². The number of guanidine groups is 1. The molecule has 0 saturated carbocycles. The van der Waals surface area contributed by atoms with Crippen LogP contribution in [-0.4, -0.2) is 37.4 Å². The summed E-state index contributed by atoms with van der Waals surface area (Å²) in [6, 6.07) is 17.5. The second kappa shape index (κ2) is 10.6. The van der Waals surface area contributed by atoms with Crippen LogP contribution in [0.15, 0.2) is 59.6 Å². The van der Waals surface area contributed by atoms with E-state index in [1.807, 2.05) is 43.3 Å². The zero-order chi connectivity index (χ0) is 21.3. The summed E-state index contributed by atoms with van der Waals surface area (Å²) in [7, 11) is 1.32. The highest BCUT2D eigenvalue weighted by Crippen LogP contribution is 2.29. The molecular weight excluding hydrogens is 400 g/mol.